The Hall–Kier alpha value is -3.22. The van der Waals surface area contributed by atoms with Crippen molar-refractivity contribution >= 4 is 16.7 Å². The lowest BCUT2D eigenvalue weighted by Crippen LogP contribution is -2.12. The monoisotopic (exact) mass is 420 g/mol. The molecule has 0 atom stereocenters. The first kappa shape index (κ1) is 21.5. The molecule has 30 heavy (non-hydrogen) atoms. The Balaban J connectivity index is 1.81. The predicted molar refractivity (Wildman–Crippen MR) is 103 cm³/mol. The number of halogens is 5. The zero-order valence-electron chi connectivity index (χ0n) is 15.9. The van der Waals surface area contributed by atoms with Gasteiger partial charge in [-0.1, -0.05) is 24.3 Å². The van der Waals surface area contributed by atoms with Gasteiger partial charge in [-0.15, -0.1) is 0 Å². The lowest BCUT2D eigenvalue weighted by atomic mass is 10.0. The Kier molecular flexibility index (Phi) is 6.20. The standard InChI is InChI=1S/C23H17F5O2/c1-2-3-4-5-14-6-8-15(9-7-14)22(29)30-17-10-11-18-16(12-17)13-19(24)20(21(18)25)23(26,27)28/h2-3,6-13H,4-5H2,1H3/b3-2+. The van der Waals surface area contributed by atoms with E-state index >= 15 is 0 Å². The number of ether oxygens (including phenoxy) is 1. The molecule has 3 aromatic rings. The van der Waals surface area contributed by atoms with Gasteiger partial charge in [-0.3, -0.25) is 0 Å². The topological polar surface area (TPSA) is 26.3 Å². The smallest absolute Gasteiger partial charge is 0.422 e. The lowest BCUT2D eigenvalue weighted by molar-refractivity contribution is -0.142. The van der Waals surface area contributed by atoms with Gasteiger partial charge in [0.25, 0.3) is 0 Å². The third-order valence-electron chi connectivity index (χ3n) is 4.52. The Labute approximate surface area is 169 Å². The van der Waals surface area contributed by atoms with Crippen LogP contribution in [-0.2, 0) is 12.6 Å². The van der Waals surface area contributed by atoms with Crippen molar-refractivity contribution in [2.45, 2.75) is 25.9 Å². The molecule has 0 spiro atoms. The molecule has 0 saturated heterocycles. The van der Waals surface area contributed by atoms with Gasteiger partial charge in [-0.25, -0.2) is 13.6 Å². The number of rotatable bonds is 5. The predicted octanol–water partition coefficient (Wildman–Crippen LogP) is 6.86. The summed E-state index contributed by atoms with van der Waals surface area (Å²) in [6.07, 6.45) is 0.524. The molecule has 3 rings (SSSR count). The van der Waals surface area contributed by atoms with Crippen molar-refractivity contribution in [2.75, 3.05) is 0 Å². The van der Waals surface area contributed by atoms with E-state index in [9.17, 15) is 26.7 Å². The molecule has 0 heterocycles. The number of aryl methyl sites for hydroxylation is 1. The molecule has 0 fully saturated rings. The van der Waals surface area contributed by atoms with E-state index in [2.05, 4.69) is 0 Å². The van der Waals surface area contributed by atoms with E-state index in [0.717, 1.165) is 36.6 Å². The fraction of sp³-hybridized carbons (Fsp3) is 0.174. The van der Waals surface area contributed by atoms with Crippen LogP contribution in [0.15, 0.2) is 60.7 Å². The minimum absolute atomic E-state index is 0.0387. The highest BCUT2D eigenvalue weighted by Crippen LogP contribution is 2.37. The third-order valence-corrected chi connectivity index (χ3v) is 4.52. The quantitative estimate of drug-likeness (QED) is 0.195. The molecule has 0 radical (unpaired) electrons. The molecular weight excluding hydrogens is 403 g/mol. The summed E-state index contributed by atoms with van der Waals surface area (Å²) in [6, 6.07) is 10.7. The molecule has 3 aromatic carbocycles. The maximum Gasteiger partial charge on any atom is 0.422 e. The fourth-order valence-electron chi connectivity index (χ4n) is 3.02. The number of benzene rings is 3. The van der Waals surface area contributed by atoms with Crippen molar-refractivity contribution in [1.29, 1.82) is 0 Å². The molecule has 0 aliphatic carbocycles. The summed E-state index contributed by atoms with van der Waals surface area (Å²) < 4.78 is 71.7. The van der Waals surface area contributed by atoms with Crippen LogP contribution in [-0.4, -0.2) is 5.97 Å². The molecule has 0 saturated carbocycles. The minimum atomic E-state index is -5.16. The van der Waals surface area contributed by atoms with Crippen molar-refractivity contribution in [1.82, 2.24) is 0 Å². The average Bonchev–Trinajstić information content (AvgIpc) is 2.67. The summed E-state index contributed by atoms with van der Waals surface area (Å²) in [6.45, 7) is 1.93. The van der Waals surface area contributed by atoms with Gasteiger partial charge in [0.1, 0.15) is 22.9 Å². The van der Waals surface area contributed by atoms with Crippen LogP contribution in [0.5, 0.6) is 5.75 Å². The van der Waals surface area contributed by atoms with Crippen molar-refractivity contribution in [3.05, 3.63) is 89.0 Å². The van der Waals surface area contributed by atoms with Crippen LogP contribution in [0.3, 0.4) is 0 Å². The number of carbonyl (C=O) groups is 1. The largest absolute Gasteiger partial charge is 0.423 e. The Morgan fingerprint density at radius 1 is 1.03 bits per heavy atom. The molecule has 0 N–H and O–H groups in total. The van der Waals surface area contributed by atoms with Gasteiger partial charge in [0.05, 0.1) is 5.56 Å². The van der Waals surface area contributed by atoms with E-state index in [-0.39, 0.29) is 16.7 Å². The molecule has 156 valence electrons. The summed E-state index contributed by atoms with van der Waals surface area (Å²) in [5, 5.41) is -0.573. The Bertz CT molecular complexity index is 1100. The van der Waals surface area contributed by atoms with Gasteiger partial charge < -0.3 is 4.74 Å². The van der Waals surface area contributed by atoms with Crippen LogP contribution in [0.1, 0.15) is 34.8 Å². The van der Waals surface area contributed by atoms with Gasteiger partial charge in [-0.05, 0) is 67.1 Å². The maximum absolute atomic E-state index is 14.2. The van der Waals surface area contributed by atoms with Crippen molar-refractivity contribution < 1.29 is 31.5 Å². The van der Waals surface area contributed by atoms with E-state index in [1.165, 1.54) is 0 Å². The summed E-state index contributed by atoms with van der Waals surface area (Å²) in [5.41, 5.74) is -0.634. The zero-order chi connectivity index (χ0) is 21.9. The number of hydrogen-bond donors (Lipinski definition) is 0. The highest BCUT2D eigenvalue weighted by molar-refractivity contribution is 5.92. The Morgan fingerprint density at radius 2 is 1.73 bits per heavy atom. The SMILES string of the molecule is C/C=C/CCc1ccc(C(=O)Oc2ccc3c(F)c(C(F)(F)F)c(F)cc3c2)cc1. The zero-order valence-corrected chi connectivity index (χ0v) is 15.9. The lowest BCUT2D eigenvalue weighted by Gasteiger charge is -2.12. The van der Waals surface area contributed by atoms with Crippen LogP contribution >= 0.6 is 0 Å². The number of esters is 1. The van der Waals surface area contributed by atoms with E-state index in [1.54, 1.807) is 24.3 Å². The molecule has 7 heteroatoms. The number of alkyl halides is 3. The van der Waals surface area contributed by atoms with Gasteiger partial charge >= 0.3 is 12.1 Å². The average molecular weight is 420 g/mol. The van der Waals surface area contributed by atoms with Crippen LogP contribution < -0.4 is 4.74 Å². The van der Waals surface area contributed by atoms with Gasteiger partial charge in [0, 0.05) is 5.39 Å². The molecule has 0 aromatic heterocycles. The fourth-order valence-corrected chi connectivity index (χ4v) is 3.02. The van der Waals surface area contributed by atoms with Crippen molar-refractivity contribution in [3.8, 4) is 5.75 Å². The number of hydrogen-bond acceptors (Lipinski definition) is 2. The van der Waals surface area contributed by atoms with E-state index in [4.69, 9.17) is 4.74 Å². The van der Waals surface area contributed by atoms with Crippen LogP contribution in [0, 0.1) is 11.6 Å². The Morgan fingerprint density at radius 3 is 2.37 bits per heavy atom. The molecule has 0 amide bonds. The third kappa shape index (κ3) is 4.67. The second kappa shape index (κ2) is 8.65. The first-order valence-electron chi connectivity index (χ1n) is 9.12. The van der Waals surface area contributed by atoms with Gasteiger partial charge in [0.15, 0.2) is 0 Å². The van der Waals surface area contributed by atoms with E-state index < -0.39 is 34.7 Å². The molecule has 0 aliphatic rings. The number of fused-ring (bicyclic) bond motifs is 1. The summed E-state index contributed by atoms with van der Waals surface area (Å²) in [4.78, 5) is 12.3. The maximum atomic E-state index is 14.2. The summed E-state index contributed by atoms with van der Waals surface area (Å²) >= 11 is 0. The molecule has 2 nitrogen and oxygen atoms in total. The van der Waals surface area contributed by atoms with Gasteiger partial charge in [0.2, 0.25) is 0 Å². The number of carbonyl (C=O) groups excluding carboxylic acids is 1. The number of allylic oxidation sites excluding steroid dienone is 2. The highest BCUT2D eigenvalue weighted by atomic mass is 19.4. The van der Waals surface area contributed by atoms with E-state index in [0.29, 0.717) is 6.07 Å². The summed E-state index contributed by atoms with van der Waals surface area (Å²) in [5.74, 6) is -4.17. The minimum Gasteiger partial charge on any atom is -0.423 e. The van der Waals surface area contributed by atoms with Gasteiger partial charge in [-0.2, -0.15) is 13.2 Å². The van der Waals surface area contributed by atoms with Crippen LogP contribution in [0.2, 0.25) is 0 Å². The van der Waals surface area contributed by atoms with Crippen LogP contribution in [0.4, 0.5) is 22.0 Å². The van der Waals surface area contributed by atoms with E-state index in [1.807, 2.05) is 19.1 Å². The highest BCUT2D eigenvalue weighted by Gasteiger charge is 2.38. The first-order valence-corrected chi connectivity index (χ1v) is 9.12. The molecular formula is C23H17F5O2. The normalized spacial score (nSPS) is 11.9. The molecule has 0 aliphatic heterocycles. The molecule has 0 bridgehead atoms. The first-order chi connectivity index (χ1) is 14.2. The summed E-state index contributed by atoms with van der Waals surface area (Å²) in [7, 11) is 0. The second-order valence-corrected chi connectivity index (χ2v) is 6.62. The van der Waals surface area contributed by atoms with Crippen LogP contribution in [0.25, 0.3) is 10.8 Å². The van der Waals surface area contributed by atoms with Crippen molar-refractivity contribution in [3.63, 3.8) is 0 Å². The van der Waals surface area contributed by atoms with Crippen molar-refractivity contribution in [2.24, 2.45) is 0 Å². The molecule has 0 unspecified atom stereocenters. The second-order valence-electron chi connectivity index (χ2n) is 6.62.